The van der Waals surface area contributed by atoms with Crippen LogP contribution in [0.5, 0.6) is 5.88 Å². The minimum absolute atomic E-state index is 0.0747. The third kappa shape index (κ3) is 1.59. The minimum Gasteiger partial charge on any atom is -0.472 e. The van der Waals surface area contributed by atoms with E-state index in [0.717, 1.165) is 30.8 Å². The lowest BCUT2D eigenvalue weighted by Gasteiger charge is -2.41. The van der Waals surface area contributed by atoms with Crippen LogP contribution in [0.4, 0.5) is 0 Å². The van der Waals surface area contributed by atoms with Crippen LogP contribution < -0.4 is 4.74 Å². The van der Waals surface area contributed by atoms with Crippen molar-refractivity contribution in [3.8, 4) is 5.88 Å². The molecule has 0 spiro atoms. The molecule has 5 rings (SSSR count). The van der Waals surface area contributed by atoms with Crippen molar-refractivity contribution in [3.63, 3.8) is 0 Å². The molecule has 0 amide bonds. The molecule has 0 N–H and O–H groups in total. The summed E-state index contributed by atoms with van der Waals surface area (Å²) in [6, 6.07) is 0. The Kier molecular flexibility index (Phi) is 2.26. The summed E-state index contributed by atoms with van der Waals surface area (Å²) in [7, 11) is 0. The van der Waals surface area contributed by atoms with Crippen molar-refractivity contribution < 1.29 is 9.47 Å². The predicted octanol–water partition coefficient (Wildman–Crippen LogP) is 2.34. The van der Waals surface area contributed by atoms with E-state index in [9.17, 15) is 0 Å². The summed E-state index contributed by atoms with van der Waals surface area (Å²) in [6.07, 6.45) is 8.00. The fraction of sp³-hybridized carbons (Fsp3) is 0.600. The number of nitrogens with zero attached hydrogens (tertiary/aromatic N) is 3. The summed E-state index contributed by atoms with van der Waals surface area (Å²) in [5.74, 6) is 0.603. The smallest absolute Gasteiger partial charge is 0.258 e. The molecule has 0 atom stereocenters. The van der Waals surface area contributed by atoms with Gasteiger partial charge in [-0.2, -0.15) is 0 Å². The van der Waals surface area contributed by atoms with Crippen LogP contribution in [0, 0.1) is 0 Å². The topological polar surface area (TPSA) is 48.7 Å². The fourth-order valence-corrected chi connectivity index (χ4v) is 3.61. The molecule has 0 unspecified atom stereocenters. The number of fused-ring (bicyclic) bond motifs is 2. The molecule has 1 saturated carbocycles. The van der Waals surface area contributed by atoms with Crippen LogP contribution in [-0.4, -0.2) is 32.7 Å². The Morgan fingerprint density at radius 1 is 1.40 bits per heavy atom. The van der Waals surface area contributed by atoms with Gasteiger partial charge in [0.2, 0.25) is 5.65 Å². The van der Waals surface area contributed by atoms with Crippen molar-refractivity contribution in [2.24, 2.45) is 0 Å². The zero-order valence-electron chi connectivity index (χ0n) is 12.1. The molecule has 106 valence electrons. The third-order valence-electron chi connectivity index (χ3n) is 4.35. The first-order valence-corrected chi connectivity index (χ1v) is 7.15. The Hall–Kier alpha value is -1.62. The van der Waals surface area contributed by atoms with Gasteiger partial charge in [0.05, 0.1) is 24.0 Å². The van der Waals surface area contributed by atoms with Gasteiger partial charge in [-0.25, -0.2) is 9.97 Å². The number of rotatable bonds is 3. The Balaban J connectivity index is 1.76. The molecule has 3 aliphatic rings. The Morgan fingerprint density at radius 3 is 2.85 bits per heavy atom. The van der Waals surface area contributed by atoms with Crippen LogP contribution in [-0.2, 0) is 10.2 Å². The van der Waals surface area contributed by atoms with Gasteiger partial charge < -0.3 is 13.9 Å². The molecule has 2 aromatic heterocycles. The standard InChI is InChI=1S/C15H19N3O2/c1-10(2)20-13-12-17-11(6-18(12)5-4-16-13)15-7-14(3,8-15)19-9-15/h4-6,10H,7-9H2,1-3H3. The van der Waals surface area contributed by atoms with E-state index in [0.29, 0.717) is 5.88 Å². The molecule has 3 fully saturated rings. The van der Waals surface area contributed by atoms with Gasteiger partial charge in [-0.05, 0) is 33.6 Å². The molecule has 5 heteroatoms. The van der Waals surface area contributed by atoms with Gasteiger partial charge >= 0.3 is 0 Å². The van der Waals surface area contributed by atoms with Crippen molar-refractivity contribution >= 4 is 5.65 Å². The number of aromatic nitrogens is 3. The first-order valence-electron chi connectivity index (χ1n) is 7.15. The monoisotopic (exact) mass is 273 g/mol. The van der Waals surface area contributed by atoms with E-state index < -0.39 is 0 Å². The van der Waals surface area contributed by atoms with Crippen LogP contribution in [0.1, 0.15) is 39.3 Å². The second kappa shape index (κ2) is 3.73. The Morgan fingerprint density at radius 2 is 2.20 bits per heavy atom. The van der Waals surface area contributed by atoms with E-state index >= 15 is 0 Å². The highest BCUT2D eigenvalue weighted by atomic mass is 16.5. The summed E-state index contributed by atoms with van der Waals surface area (Å²) < 4.78 is 13.6. The highest BCUT2D eigenvalue weighted by molar-refractivity contribution is 5.51. The van der Waals surface area contributed by atoms with Crippen LogP contribution >= 0.6 is 0 Å². The molecule has 0 aromatic carbocycles. The van der Waals surface area contributed by atoms with E-state index in [1.54, 1.807) is 6.20 Å². The van der Waals surface area contributed by atoms with Crippen molar-refractivity contribution in [2.45, 2.75) is 50.7 Å². The first-order chi connectivity index (χ1) is 9.50. The summed E-state index contributed by atoms with van der Waals surface area (Å²) >= 11 is 0. The SMILES string of the molecule is CC(C)Oc1nccn2cc(C34COC(C)(C3)C4)nc12. The maximum atomic E-state index is 5.87. The second-order valence-electron chi connectivity index (χ2n) is 6.63. The van der Waals surface area contributed by atoms with Gasteiger partial charge in [0.1, 0.15) is 0 Å². The van der Waals surface area contributed by atoms with Gasteiger partial charge in [0.15, 0.2) is 0 Å². The normalized spacial score (nSPS) is 31.8. The Labute approximate surface area is 117 Å². The number of hydrogen-bond donors (Lipinski definition) is 0. The largest absolute Gasteiger partial charge is 0.472 e. The van der Waals surface area contributed by atoms with E-state index in [2.05, 4.69) is 18.1 Å². The van der Waals surface area contributed by atoms with Crippen molar-refractivity contribution in [2.75, 3.05) is 6.61 Å². The zero-order valence-corrected chi connectivity index (χ0v) is 12.1. The summed E-state index contributed by atoms with van der Waals surface area (Å²) in [4.78, 5) is 9.08. The van der Waals surface area contributed by atoms with Crippen LogP contribution in [0.3, 0.4) is 0 Å². The second-order valence-corrected chi connectivity index (χ2v) is 6.63. The lowest BCUT2D eigenvalue weighted by Crippen LogP contribution is -2.45. The summed E-state index contributed by atoms with van der Waals surface area (Å²) in [5.41, 5.74) is 2.08. The third-order valence-corrected chi connectivity index (χ3v) is 4.35. The van der Waals surface area contributed by atoms with E-state index in [-0.39, 0.29) is 17.1 Å². The quantitative estimate of drug-likeness (QED) is 0.861. The van der Waals surface area contributed by atoms with Crippen molar-refractivity contribution in [3.05, 3.63) is 24.3 Å². The van der Waals surface area contributed by atoms with Crippen LogP contribution in [0.25, 0.3) is 5.65 Å². The summed E-state index contributed by atoms with van der Waals surface area (Å²) in [5, 5.41) is 0. The highest BCUT2D eigenvalue weighted by Gasteiger charge is 2.61. The lowest BCUT2D eigenvalue weighted by atomic mass is 9.62. The molecule has 2 aromatic rings. The van der Waals surface area contributed by atoms with Crippen LogP contribution in [0.2, 0.25) is 0 Å². The van der Waals surface area contributed by atoms with E-state index in [1.165, 1.54) is 0 Å². The Bertz CT molecular complexity index is 671. The van der Waals surface area contributed by atoms with Crippen molar-refractivity contribution in [1.29, 1.82) is 0 Å². The fourth-order valence-electron chi connectivity index (χ4n) is 3.61. The molecule has 0 radical (unpaired) electrons. The molecular weight excluding hydrogens is 254 g/mol. The average Bonchev–Trinajstić information content (AvgIpc) is 2.98. The lowest BCUT2D eigenvalue weighted by molar-refractivity contribution is 0.0154. The van der Waals surface area contributed by atoms with Crippen molar-refractivity contribution in [1.82, 2.24) is 14.4 Å². The van der Waals surface area contributed by atoms with Gasteiger partial charge in [-0.3, -0.25) is 0 Å². The number of ether oxygens (including phenoxy) is 2. The molecule has 2 bridgehead atoms. The molecule has 4 heterocycles. The van der Waals surface area contributed by atoms with E-state index in [4.69, 9.17) is 14.5 Å². The maximum Gasteiger partial charge on any atom is 0.258 e. The summed E-state index contributed by atoms with van der Waals surface area (Å²) in [6.45, 7) is 6.95. The maximum absolute atomic E-state index is 5.87. The van der Waals surface area contributed by atoms with Gasteiger partial charge in [-0.15, -0.1) is 0 Å². The predicted molar refractivity (Wildman–Crippen MR) is 74.0 cm³/mol. The molecule has 2 saturated heterocycles. The van der Waals surface area contributed by atoms with Gasteiger partial charge in [0, 0.05) is 24.0 Å². The molecule has 5 nitrogen and oxygen atoms in total. The molecular formula is C15H19N3O2. The van der Waals surface area contributed by atoms with Gasteiger partial charge in [0.25, 0.3) is 5.88 Å². The number of imidazole rings is 1. The first kappa shape index (κ1) is 12.1. The highest BCUT2D eigenvalue weighted by Crippen LogP contribution is 2.58. The van der Waals surface area contributed by atoms with Gasteiger partial charge in [-0.1, -0.05) is 0 Å². The average molecular weight is 273 g/mol. The zero-order chi connectivity index (χ0) is 14.0. The molecule has 2 aliphatic heterocycles. The minimum atomic E-state index is 0.0747. The van der Waals surface area contributed by atoms with Crippen LogP contribution in [0.15, 0.2) is 18.6 Å². The molecule has 20 heavy (non-hydrogen) atoms. The molecule has 1 aliphatic carbocycles. The van der Waals surface area contributed by atoms with E-state index in [1.807, 2.05) is 24.4 Å². The number of hydrogen-bond acceptors (Lipinski definition) is 4.